The van der Waals surface area contributed by atoms with E-state index in [9.17, 15) is 0 Å². The highest BCUT2D eigenvalue weighted by molar-refractivity contribution is 6.01. The summed E-state index contributed by atoms with van der Waals surface area (Å²) >= 11 is 0. The molecule has 0 saturated carbocycles. The van der Waals surface area contributed by atoms with Crippen LogP contribution in [0.25, 0.3) is 22.0 Å². The van der Waals surface area contributed by atoms with Crippen LogP contribution in [0.5, 0.6) is 0 Å². The summed E-state index contributed by atoms with van der Waals surface area (Å²) in [7, 11) is 0. The van der Waals surface area contributed by atoms with Crippen molar-refractivity contribution in [3.8, 4) is 11.1 Å². The number of para-hydroxylation sites is 1. The Bertz CT molecular complexity index is 779. The maximum atomic E-state index is 5.75. The number of benzene rings is 2. The van der Waals surface area contributed by atoms with Gasteiger partial charge in [-0.3, -0.25) is 10.8 Å². The van der Waals surface area contributed by atoms with Crippen molar-refractivity contribution in [2.75, 3.05) is 5.43 Å². The molecule has 3 aromatic rings. The number of anilines is 1. The smallest absolute Gasteiger partial charge is 0.0805 e. The Kier molecular flexibility index (Phi) is 3.59. The Morgan fingerprint density at radius 3 is 2.48 bits per heavy atom. The van der Waals surface area contributed by atoms with E-state index in [4.69, 9.17) is 10.8 Å². The van der Waals surface area contributed by atoms with Gasteiger partial charge in [0.15, 0.2) is 0 Å². The van der Waals surface area contributed by atoms with E-state index in [0.29, 0.717) is 0 Å². The topological polar surface area (TPSA) is 50.9 Å². The minimum atomic E-state index is 0.888. The van der Waals surface area contributed by atoms with Crippen LogP contribution in [0.3, 0.4) is 0 Å². The molecule has 3 rings (SSSR count). The van der Waals surface area contributed by atoms with E-state index in [1.165, 1.54) is 5.56 Å². The molecule has 21 heavy (non-hydrogen) atoms. The SMILES string of the molecule is CCc1nc2c(-c3ccccc3)cccc2c(NN)c1C. The van der Waals surface area contributed by atoms with Crippen molar-refractivity contribution >= 4 is 16.6 Å². The normalized spacial score (nSPS) is 10.8. The zero-order valence-electron chi connectivity index (χ0n) is 12.4. The van der Waals surface area contributed by atoms with Gasteiger partial charge >= 0.3 is 0 Å². The number of nitrogen functional groups attached to an aromatic ring is 1. The number of nitrogens with one attached hydrogen (secondary N) is 1. The minimum absolute atomic E-state index is 0.888. The number of hydrogen-bond donors (Lipinski definition) is 2. The van der Waals surface area contributed by atoms with Crippen molar-refractivity contribution in [1.82, 2.24) is 4.98 Å². The fraction of sp³-hybridized carbons (Fsp3) is 0.167. The van der Waals surface area contributed by atoms with Crippen molar-refractivity contribution in [2.45, 2.75) is 20.3 Å². The minimum Gasteiger partial charge on any atom is -0.323 e. The molecule has 3 heteroatoms. The van der Waals surface area contributed by atoms with Crippen LogP contribution in [0, 0.1) is 6.92 Å². The molecule has 0 fully saturated rings. The lowest BCUT2D eigenvalue weighted by atomic mass is 9.98. The lowest BCUT2D eigenvalue weighted by Gasteiger charge is -2.15. The second-order valence-corrected chi connectivity index (χ2v) is 5.12. The Morgan fingerprint density at radius 1 is 1.05 bits per heavy atom. The van der Waals surface area contributed by atoms with Gasteiger partial charge in [0.1, 0.15) is 0 Å². The average molecular weight is 277 g/mol. The number of pyridine rings is 1. The third-order valence-corrected chi connectivity index (χ3v) is 3.92. The molecule has 0 amide bonds. The molecule has 0 aliphatic rings. The molecule has 1 aromatic heterocycles. The lowest BCUT2D eigenvalue weighted by Crippen LogP contribution is -2.11. The van der Waals surface area contributed by atoms with E-state index in [-0.39, 0.29) is 0 Å². The van der Waals surface area contributed by atoms with Gasteiger partial charge in [0.05, 0.1) is 11.2 Å². The summed E-state index contributed by atoms with van der Waals surface area (Å²) in [6.07, 6.45) is 0.888. The summed E-state index contributed by atoms with van der Waals surface area (Å²) in [6.45, 7) is 4.18. The van der Waals surface area contributed by atoms with Crippen molar-refractivity contribution in [1.29, 1.82) is 0 Å². The number of hydrogen-bond acceptors (Lipinski definition) is 3. The third-order valence-electron chi connectivity index (χ3n) is 3.92. The molecule has 2 aromatic carbocycles. The largest absolute Gasteiger partial charge is 0.323 e. The number of nitrogens with two attached hydrogens (primary N) is 1. The van der Waals surface area contributed by atoms with Gasteiger partial charge in [0.2, 0.25) is 0 Å². The quantitative estimate of drug-likeness (QED) is 0.560. The van der Waals surface area contributed by atoms with E-state index in [2.05, 4.69) is 49.6 Å². The highest BCUT2D eigenvalue weighted by Gasteiger charge is 2.13. The number of rotatable bonds is 3. The van der Waals surface area contributed by atoms with Crippen LogP contribution in [-0.2, 0) is 6.42 Å². The number of hydrazine groups is 1. The van der Waals surface area contributed by atoms with Crippen LogP contribution < -0.4 is 11.3 Å². The molecule has 106 valence electrons. The molecule has 0 aliphatic carbocycles. The lowest BCUT2D eigenvalue weighted by molar-refractivity contribution is 1.03. The van der Waals surface area contributed by atoms with Gasteiger partial charge in [-0.05, 0) is 24.5 Å². The Labute approximate surface area is 124 Å². The van der Waals surface area contributed by atoms with Gasteiger partial charge in [0.25, 0.3) is 0 Å². The van der Waals surface area contributed by atoms with E-state index in [0.717, 1.165) is 39.8 Å². The standard InChI is InChI=1S/C18H19N3/c1-3-16-12(2)17(21-19)15-11-7-10-14(18(15)20-16)13-8-5-4-6-9-13/h4-11H,3,19H2,1-2H3,(H,20,21). The fourth-order valence-corrected chi connectivity index (χ4v) is 2.81. The molecule has 0 unspecified atom stereocenters. The summed E-state index contributed by atoms with van der Waals surface area (Å²) in [5, 5.41) is 1.06. The van der Waals surface area contributed by atoms with Crippen molar-refractivity contribution in [3.05, 3.63) is 59.8 Å². The zero-order valence-corrected chi connectivity index (χ0v) is 12.4. The Morgan fingerprint density at radius 2 is 1.81 bits per heavy atom. The Balaban J connectivity index is 2.38. The van der Waals surface area contributed by atoms with E-state index in [1.54, 1.807) is 0 Å². The number of aryl methyl sites for hydroxylation is 1. The first-order valence-corrected chi connectivity index (χ1v) is 7.20. The monoisotopic (exact) mass is 277 g/mol. The summed E-state index contributed by atoms with van der Waals surface area (Å²) in [4.78, 5) is 4.88. The van der Waals surface area contributed by atoms with Crippen LogP contribution in [0.2, 0.25) is 0 Å². The van der Waals surface area contributed by atoms with Crippen LogP contribution in [0.4, 0.5) is 5.69 Å². The molecule has 3 N–H and O–H groups in total. The second-order valence-electron chi connectivity index (χ2n) is 5.12. The first-order chi connectivity index (χ1) is 10.3. The molecule has 3 nitrogen and oxygen atoms in total. The maximum absolute atomic E-state index is 5.75. The van der Waals surface area contributed by atoms with E-state index >= 15 is 0 Å². The van der Waals surface area contributed by atoms with E-state index in [1.807, 2.05) is 18.2 Å². The molecule has 0 radical (unpaired) electrons. The molecule has 0 spiro atoms. The van der Waals surface area contributed by atoms with Gasteiger partial charge in [-0.25, -0.2) is 0 Å². The summed E-state index contributed by atoms with van der Waals surface area (Å²) in [6, 6.07) is 16.6. The van der Waals surface area contributed by atoms with Crippen molar-refractivity contribution < 1.29 is 0 Å². The number of aromatic nitrogens is 1. The van der Waals surface area contributed by atoms with Gasteiger partial charge in [0, 0.05) is 16.6 Å². The highest BCUT2D eigenvalue weighted by atomic mass is 15.2. The first-order valence-electron chi connectivity index (χ1n) is 7.20. The fourth-order valence-electron chi connectivity index (χ4n) is 2.81. The van der Waals surface area contributed by atoms with Crippen LogP contribution in [0.15, 0.2) is 48.5 Å². The Hall–Kier alpha value is -2.39. The number of nitrogens with zero attached hydrogens (tertiary/aromatic N) is 1. The van der Waals surface area contributed by atoms with Gasteiger partial charge < -0.3 is 5.43 Å². The average Bonchev–Trinajstić information content (AvgIpc) is 2.54. The molecule has 0 atom stereocenters. The van der Waals surface area contributed by atoms with Crippen molar-refractivity contribution in [3.63, 3.8) is 0 Å². The summed E-state index contributed by atoms with van der Waals surface area (Å²) in [5.41, 5.74) is 9.33. The molecule has 0 saturated heterocycles. The predicted molar refractivity (Wildman–Crippen MR) is 89.1 cm³/mol. The molecule has 0 aliphatic heterocycles. The zero-order chi connectivity index (χ0) is 14.8. The van der Waals surface area contributed by atoms with Crippen LogP contribution in [-0.4, -0.2) is 4.98 Å². The highest BCUT2D eigenvalue weighted by Crippen LogP contribution is 2.33. The maximum Gasteiger partial charge on any atom is 0.0805 e. The van der Waals surface area contributed by atoms with Gasteiger partial charge in [-0.15, -0.1) is 0 Å². The predicted octanol–water partition coefficient (Wildman–Crippen LogP) is 4.06. The number of fused-ring (bicyclic) bond motifs is 1. The second kappa shape index (κ2) is 5.54. The molecular weight excluding hydrogens is 258 g/mol. The third kappa shape index (κ3) is 2.26. The molecule has 1 heterocycles. The van der Waals surface area contributed by atoms with Crippen LogP contribution in [0.1, 0.15) is 18.2 Å². The van der Waals surface area contributed by atoms with Gasteiger partial charge in [-0.2, -0.15) is 0 Å². The van der Waals surface area contributed by atoms with Gasteiger partial charge in [-0.1, -0.05) is 55.5 Å². The van der Waals surface area contributed by atoms with Crippen LogP contribution >= 0.6 is 0 Å². The van der Waals surface area contributed by atoms with E-state index < -0.39 is 0 Å². The summed E-state index contributed by atoms with van der Waals surface area (Å²) < 4.78 is 0. The van der Waals surface area contributed by atoms with Crippen molar-refractivity contribution in [2.24, 2.45) is 5.84 Å². The first kappa shape index (κ1) is 13.6. The molecule has 0 bridgehead atoms. The molecular formula is C18H19N3. The summed E-state index contributed by atoms with van der Waals surface area (Å²) in [5.74, 6) is 5.75.